The van der Waals surface area contributed by atoms with Gasteiger partial charge in [-0.15, -0.1) is 0 Å². The van der Waals surface area contributed by atoms with Gasteiger partial charge in [-0.1, -0.05) is 0 Å². The van der Waals surface area contributed by atoms with Gasteiger partial charge in [0.25, 0.3) is 5.92 Å². The number of hydrogen-bond acceptors (Lipinski definition) is 7. The van der Waals surface area contributed by atoms with E-state index in [1.165, 1.54) is 11.2 Å². The van der Waals surface area contributed by atoms with Crippen LogP contribution in [-0.2, 0) is 14.3 Å². The third-order valence-corrected chi connectivity index (χ3v) is 5.62. The molecular weight excluding hydrogens is 447 g/mol. The van der Waals surface area contributed by atoms with Gasteiger partial charge in [0.1, 0.15) is 12.1 Å². The average molecular weight is 468 g/mol. The predicted molar refractivity (Wildman–Crippen MR) is 97.4 cm³/mol. The fourth-order valence-electron chi connectivity index (χ4n) is 3.97. The maximum absolute atomic E-state index is 13.0. The standard InChI is InChI=1S/C16H20F2N4O3.C2HF3O2/c1-24-13-2-12(19-10-20-13)21-4-11-5-25-9-15(11,6-21)3-14(23)22-7-16(17,18)8-22;3-2(4,5)1(6)7/h2,10-11H,3-9H2,1H3;(H,6,7)/t11-,15+;/m1./s1. The highest BCUT2D eigenvalue weighted by Gasteiger charge is 2.54. The number of methoxy groups -OCH3 is 1. The Morgan fingerprint density at radius 1 is 1.28 bits per heavy atom. The number of likely N-dealkylation sites (tertiary alicyclic amines) is 1. The molecule has 1 N–H and O–H groups in total. The number of fused-ring (bicyclic) bond motifs is 1. The van der Waals surface area contributed by atoms with E-state index in [2.05, 4.69) is 14.9 Å². The summed E-state index contributed by atoms with van der Waals surface area (Å²) in [6, 6.07) is 1.76. The number of carbonyl (C=O) groups is 2. The highest BCUT2D eigenvalue weighted by atomic mass is 19.4. The number of anilines is 1. The van der Waals surface area contributed by atoms with Crippen LogP contribution in [0.15, 0.2) is 12.4 Å². The second kappa shape index (κ2) is 8.64. The first-order chi connectivity index (χ1) is 14.8. The summed E-state index contributed by atoms with van der Waals surface area (Å²) in [4.78, 5) is 32.9. The number of ether oxygens (including phenoxy) is 2. The van der Waals surface area contributed by atoms with Crippen LogP contribution in [0.25, 0.3) is 0 Å². The third kappa shape index (κ3) is 5.16. The Labute approximate surface area is 179 Å². The number of aliphatic carboxylic acids is 1. The Balaban J connectivity index is 0.000000360. The summed E-state index contributed by atoms with van der Waals surface area (Å²) in [7, 11) is 1.54. The molecule has 0 aliphatic carbocycles. The van der Waals surface area contributed by atoms with E-state index in [1.807, 2.05) is 0 Å². The van der Waals surface area contributed by atoms with Gasteiger partial charge in [0.05, 0.1) is 33.4 Å². The van der Waals surface area contributed by atoms with Gasteiger partial charge in [0.2, 0.25) is 11.8 Å². The number of aromatic nitrogens is 2. The van der Waals surface area contributed by atoms with Crippen LogP contribution in [0.5, 0.6) is 5.88 Å². The molecule has 3 aliphatic rings. The molecule has 3 saturated heterocycles. The van der Waals surface area contributed by atoms with Crippen molar-refractivity contribution < 1.29 is 46.1 Å². The van der Waals surface area contributed by atoms with Crippen molar-refractivity contribution in [3.05, 3.63) is 12.4 Å². The summed E-state index contributed by atoms with van der Waals surface area (Å²) in [5, 5.41) is 7.12. The molecule has 4 heterocycles. The van der Waals surface area contributed by atoms with Crippen LogP contribution >= 0.6 is 0 Å². The summed E-state index contributed by atoms with van der Waals surface area (Å²) in [6.07, 6.45) is -3.41. The van der Waals surface area contributed by atoms with Crippen molar-refractivity contribution in [3.8, 4) is 5.88 Å². The number of hydrogen-bond donors (Lipinski definition) is 1. The quantitative estimate of drug-likeness (QED) is 0.662. The molecule has 1 aromatic rings. The van der Waals surface area contributed by atoms with Gasteiger partial charge in [0.15, 0.2) is 0 Å². The predicted octanol–water partition coefficient (Wildman–Crippen LogP) is 1.44. The molecule has 1 amide bonds. The molecular formula is C18H21F5N4O5. The summed E-state index contributed by atoms with van der Waals surface area (Å²) < 4.78 is 68.5. The lowest BCUT2D eigenvalue weighted by Gasteiger charge is -2.40. The van der Waals surface area contributed by atoms with Gasteiger partial charge in [-0.05, 0) is 0 Å². The topological polar surface area (TPSA) is 105 Å². The van der Waals surface area contributed by atoms with Crippen LogP contribution in [-0.4, -0.2) is 90.5 Å². The summed E-state index contributed by atoms with van der Waals surface area (Å²) in [6.45, 7) is 1.41. The zero-order valence-corrected chi connectivity index (χ0v) is 16.9. The van der Waals surface area contributed by atoms with E-state index in [0.29, 0.717) is 32.2 Å². The molecule has 178 valence electrons. The van der Waals surface area contributed by atoms with Crippen LogP contribution in [0.2, 0.25) is 0 Å². The van der Waals surface area contributed by atoms with Crippen molar-refractivity contribution in [2.24, 2.45) is 11.3 Å². The van der Waals surface area contributed by atoms with Gasteiger partial charge < -0.3 is 24.4 Å². The van der Waals surface area contributed by atoms with Crippen LogP contribution in [0.1, 0.15) is 6.42 Å². The van der Waals surface area contributed by atoms with E-state index in [4.69, 9.17) is 19.4 Å². The van der Waals surface area contributed by atoms with Gasteiger partial charge in [-0.2, -0.15) is 13.2 Å². The number of carboxylic acid groups (broad SMARTS) is 1. The normalized spacial score (nSPS) is 26.0. The summed E-state index contributed by atoms with van der Waals surface area (Å²) in [5.74, 6) is -4.32. The number of alkyl halides is 5. The Bertz CT molecular complexity index is 862. The molecule has 2 atom stereocenters. The maximum atomic E-state index is 13.0. The Kier molecular flexibility index (Phi) is 6.45. The second-order valence-corrected chi connectivity index (χ2v) is 7.96. The van der Waals surface area contributed by atoms with Gasteiger partial charge in [-0.3, -0.25) is 4.79 Å². The summed E-state index contributed by atoms with van der Waals surface area (Å²) >= 11 is 0. The van der Waals surface area contributed by atoms with E-state index < -0.39 is 31.2 Å². The van der Waals surface area contributed by atoms with Crippen LogP contribution in [0.3, 0.4) is 0 Å². The van der Waals surface area contributed by atoms with Gasteiger partial charge in [-0.25, -0.2) is 23.5 Å². The van der Waals surface area contributed by atoms with Crippen molar-refractivity contribution in [1.29, 1.82) is 0 Å². The third-order valence-electron chi connectivity index (χ3n) is 5.62. The number of amides is 1. The highest BCUT2D eigenvalue weighted by Crippen LogP contribution is 2.46. The van der Waals surface area contributed by atoms with Crippen LogP contribution in [0.4, 0.5) is 27.8 Å². The van der Waals surface area contributed by atoms with E-state index in [0.717, 1.165) is 5.82 Å². The fourth-order valence-corrected chi connectivity index (χ4v) is 3.97. The average Bonchev–Trinajstić information content (AvgIpc) is 3.22. The molecule has 0 unspecified atom stereocenters. The molecule has 9 nitrogen and oxygen atoms in total. The number of carbonyl (C=O) groups excluding carboxylic acids is 1. The van der Waals surface area contributed by atoms with Crippen LogP contribution < -0.4 is 9.64 Å². The lowest BCUT2D eigenvalue weighted by Crippen LogP contribution is -2.59. The highest BCUT2D eigenvalue weighted by molar-refractivity contribution is 5.78. The molecule has 4 rings (SSSR count). The minimum Gasteiger partial charge on any atom is -0.481 e. The van der Waals surface area contributed by atoms with Crippen molar-refractivity contribution in [2.45, 2.75) is 18.5 Å². The van der Waals surface area contributed by atoms with Crippen molar-refractivity contribution >= 4 is 17.7 Å². The second-order valence-electron chi connectivity index (χ2n) is 7.96. The number of nitrogens with zero attached hydrogens (tertiary/aromatic N) is 4. The molecule has 0 spiro atoms. The molecule has 0 radical (unpaired) electrons. The van der Waals surface area contributed by atoms with Crippen molar-refractivity contribution in [1.82, 2.24) is 14.9 Å². The number of carboxylic acids is 1. The number of rotatable bonds is 4. The molecule has 3 fully saturated rings. The minimum atomic E-state index is -5.08. The zero-order chi connectivity index (χ0) is 23.7. The smallest absolute Gasteiger partial charge is 0.481 e. The first kappa shape index (κ1) is 23.9. The molecule has 0 saturated carbocycles. The molecule has 14 heteroatoms. The van der Waals surface area contributed by atoms with Crippen molar-refractivity contribution in [3.63, 3.8) is 0 Å². The summed E-state index contributed by atoms with van der Waals surface area (Å²) in [5.41, 5.74) is -0.347. The molecule has 1 aromatic heterocycles. The SMILES string of the molecule is COc1cc(N2C[C@@H]3COC[C@]3(CC(=O)N3CC(F)(F)C3)C2)ncn1.O=C(O)C(F)(F)F. The molecule has 0 bridgehead atoms. The minimum absolute atomic E-state index is 0.180. The molecule has 32 heavy (non-hydrogen) atoms. The lowest BCUT2D eigenvalue weighted by atomic mass is 9.77. The van der Waals surface area contributed by atoms with Gasteiger partial charge >= 0.3 is 12.1 Å². The fraction of sp³-hybridized carbons (Fsp3) is 0.667. The molecule has 0 aromatic carbocycles. The van der Waals surface area contributed by atoms with Crippen molar-refractivity contribution in [2.75, 3.05) is 51.4 Å². The van der Waals surface area contributed by atoms with E-state index in [1.54, 1.807) is 13.2 Å². The number of halogens is 5. The first-order valence-electron chi connectivity index (χ1n) is 9.50. The Hall–Kier alpha value is -2.77. The Morgan fingerprint density at radius 2 is 1.94 bits per heavy atom. The molecule has 3 aliphatic heterocycles. The largest absolute Gasteiger partial charge is 0.490 e. The van der Waals surface area contributed by atoms with E-state index in [9.17, 15) is 26.7 Å². The monoisotopic (exact) mass is 468 g/mol. The Morgan fingerprint density at radius 3 is 2.50 bits per heavy atom. The first-order valence-corrected chi connectivity index (χ1v) is 9.50. The van der Waals surface area contributed by atoms with E-state index in [-0.39, 0.29) is 23.7 Å². The zero-order valence-electron chi connectivity index (χ0n) is 16.9. The van der Waals surface area contributed by atoms with Crippen LogP contribution in [0, 0.1) is 11.3 Å². The van der Waals surface area contributed by atoms with E-state index >= 15 is 0 Å². The van der Waals surface area contributed by atoms with Gasteiger partial charge in [0, 0.05) is 36.9 Å². The lowest BCUT2D eigenvalue weighted by molar-refractivity contribution is -0.192. The maximum Gasteiger partial charge on any atom is 0.490 e.